The molecule has 0 unspecified atom stereocenters. The van der Waals surface area contributed by atoms with Gasteiger partial charge < -0.3 is 4.98 Å². The second-order valence-corrected chi connectivity index (χ2v) is 6.11. The maximum absolute atomic E-state index is 12.0. The van der Waals surface area contributed by atoms with Crippen molar-refractivity contribution in [3.8, 4) is 0 Å². The Kier molecular flexibility index (Phi) is 2.89. The summed E-state index contributed by atoms with van der Waals surface area (Å²) in [6, 6.07) is 7.47. The highest BCUT2D eigenvalue weighted by Crippen LogP contribution is 2.24. The number of anilines is 1. The van der Waals surface area contributed by atoms with Crippen LogP contribution in [0.5, 0.6) is 0 Å². The standard InChI is InChI=1S/C12H8BrN3OS/c13-10-6-15-12(18-10)16-11(17)8-1-2-9-7(5-8)3-4-14-9/h1-6,14H,(H,15,16,17). The predicted octanol–water partition coefficient (Wildman–Crippen LogP) is 3.64. The van der Waals surface area contributed by atoms with Gasteiger partial charge in [-0.25, -0.2) is 4.98 Å². The molecular weight excluding hydrogens is 314 g/mol. The molecule has 0 aliphatic heterocycles. The smallest absolute Gasteiger partial charge is 0.257 e. The molecule has 3 rings (SSSR count). The molecule has 2 N–H and O–H groups in total. The Bertz CT molecular complexity index is 719. The van der Waals surface area contributed by atoms with Crippen LogP contribution in [0.15, 0.2) is 40.4 Å². The maximum Gasteiger partial charge on any atom is 0.257 e. The number of carbonyl (C=O) groups excluding carboxylic acids is 1. The molecule has 1 amide bonds. The first-order valence-corrected chi connectivity index (χ1v) is 6.83. The number of rotatable bonds is 2. The number of benzene rings is 1. The van der Waals surface area contributed by atoms with Crippen LogP contribution in [0, 0.1) is 0 Å². The third-order valence-electron chi connectivity index (χ3n) is 2.51. The number of aromatic amines is 1. The molecule has 0 saturated carbocycles. The number of aromatic nitrogens is 2. The lowest BCUT2D eigenvalue weighted by molar-refractivity contribution is 0.102. The van der Waals surface area contributed by atoms with E-state index >= 15 is 0 Å². The molecule has 0 bridgehead atoms. The summed E-state index contributed by atoms with van der Waals surface area (Å²) in [5.74, 6) is -0.153. The van der Waals surface area contributed by atoms with Gasteiger partial charge in [0.15, 0.2) is 5.13 Å². The van der Waals surface area contributed by atoms with Gasteiger partial charge in [0.05, 0.1) is 9.98 Å². The van der Waals surface area contributed by atoms with Gasteiger partial charge in [-0.1, -0.05) is 11.3 Å². The van der Waals surface area contributed by atoms with Gasteiger partial charge in [-0.2, -0.15) is 0 Å². The molecule has 0 aliphatic rings. The fourth-order valence-electron chi connectivity index (χ4n) is 1.68. The minimum absolute atomic E-state index is 0.153. The quantitative estimate of drug-likeness (QED) is 0.757. The van der Waals surface area contributed by atoms with Crippen molar-refractivity contribution < 1.29 is 4.79 Å². The third kappa shape index (κ3) is 2.16. The van der Waals surface area contributed by atoms with Gasteiger partial charge in [-0.05, 0) is 40.2 Å². The van der Waals surface area contributed by atoms with Crippen LogP contribution in [0.1, 0.15) is 10.4 Å². The van der Waals surface area contributed by atoms with Gasteiger partial charge in [0.2, 0.25) is 0 Å². The zero-order chi connectivity index (χ0) is 12.5. The monoisotopic (exact) mass is 321 g/mol. The molecule has 2 heterocycles. The highest BCUT2D eigenvalue weighted by Gasteiger charge is 2.09. The molecule has 4 nitrogen and oxygen atoms in total. The second kappa shape index (κ2) is 4.55. The zero-order valence-corrected chi connectivity index (χ0v) is 11.5. The van der Waals surface area contributed by atoms with Crippen LogP contribution in [0.3, 0.4) is 0 Å². The highest BCUT2D eigenvalue weighted by atomic mass is 79.9. The van der Waals surface area contributed by atoms with Crippen molar-refractivity contribution in [1.29, 1.82) is 0 Å². The van der Waals surface area contributed by atoms with Crippen LogP contribution in [-0.4, -0.2) is 15.9 Å². The Balaban J connectivity index is 1.87. The summed E-state index contributed by atoms with van der Waals surface area (Å²) in [6.45, 7) is 0. The summed E-state index contributed by atoms with van der Waals surface area (Å²) < 4.78 is 0.888. The predicted molar refractivity (Wildman–Crippen MR) is 76.1 cm³/mol. The molecule has 18 heavy (non-hydrogen) atoms. The van der Waals surface area contributed by atoms with Gasteiger partial charge in [0.25, 0.3) is 5.91 Å². The molecule has 0 atom stereocenters. The average molecular weight is 322 g/mol. The number of nitrogens with one attached hydrogen (secondary N) is 2. The maximum atomic E-state index is 12.0. The molecule has 6 heteroatoms. The Morgan fingerprint density at radius 1 is 1.39 bits per heavy atom. The first-order valence-electron chi connectivity index (χ1n) is 5.22. The number of halogens is 1. The summed E-state index contributed by atoms with van der Waals surface area (Å²) >= 11 is 4.69. The molecule has 0 spiro atoms. The van der Waals surface area contributed by atoms with E-state index in [0.717, 1.165) is 14.7 Å². The molecule has 2 aromatic heterocycles. The molecule has 0 saturated heterocycles. The van der Waals surface area contributed by atoms with Crippen molar-refractivity contribution in [2.45, 2.75) is 0 Å². The van der Waals surface area contributed by atoms with E-state index in [1.807, 2.05) is 24.4 Å². The van der Waals surface area contributed by atoms with E-state index < -0.39 is 0 Å². The number of hydrogen-bond donors (Lipinski definition) is 2. The summed E-state index contributed by atoms with van der Waals surface area (Å²) in [7, 11) is 0. The van der Waals surface area contributed by atoms with E-state index in [1.165, 1.54) is 11.3 Å². The number of amides is 1. The minimum Gasteiger partial charge on any atom is -0.361 e. The molecular formula is C12H8BrN3OS. The Morgan fingerprint density at radius 3 is 3.06 bits per heavy atom. The van der Waals surface area contributed by atoms with Gasteiger partial charge in [0, 0.05) is 22.7 Å². The summed E-state index contributed by atoms with van der Waals surface area (Å²) in [6.07, 6.45) is 3.51. The summed E-state index contributed by atoms with van der Waals surface area (Å²) in [5, 5.41) is 4.37. The van der Waals surface area contributed by atoms with Crippen LogP contribution in [0.2, 0.25) is 0 Å². The van der Waals surface area contributed by atoms with E-state index in [2.05, 4.69) is 31.2 Å². The third-order valence-corrected chi connectivity index (χ3v) is 3.91. The normalized spacial score (nSPS) is 10.7. The van der Waals surface area contributed by atoms with Gasteiger partial charge in [-0.3, -0.25) is 10.1 Å². The number of thiazole rings is 1. The van der Waals surface area contributed by atoms with Crippen LogP contribution < -0.4 is 5.32 Å². The molecule has 0 radical (unpaired) electrons. The molecule has 0 aliphatic carbocycles. The van der Waals surface area contributed by atoms with Crippen LogP contribution in [0.4, 0.5) is 5.13 Å². The van der Waals surface area contributed by atoms with E-state index in [0.29, 0.717) is 10.7 Å². The Labute approximate surface area is 115 Å². The Hall–Kier alpha value is -1.66. The largest absolute Gasteiger partial charge is 0.361 e. The van der Waals surface area contributed by atoms with Crippen molar-refractivity contribution in [2.75, 3.05) is 5.32 Å². The van der Waals surface area contributed by atoms with Crippen LogP contribution in [-0.2, 0) is 0 Å². The molecule has 90 valence electrons. The number of H-pyrrole nitrogens is 1. The second-order valence-electron chi connectivity index (χ2n) is 3.70. The SMILES string of the molecule is O=C(Nc1ncc(Br)s1)c1ccc2[nH]ccc2c1. The lowest BCUT2D eigenvalue weighted by atomic mass is 10.1. The first-order chi connectivity index (χ1) is 8.72. The van der Waals surface area contributed by atoms with Crippen molar-refractivity contribution >= 4 is 49.2 Å². The fourth-order valence-corrected chi connectivity index (χ4v) is 2.78. The molecule has 0 fully saturated rings. The van der Waals surface area contributed by atoms with Crippen molar-refractivity contribution in [1.82, 2.24) is 9.97 Å². The van der Waals surface area contributed by atoms with Gasteiger partial charge in [-0.15, -0.1) is 0 Å². The van der Waals surface area contributed by atoms with E-state index in [1.54, 1.807) is 12.3 Å². The van der Waals surface area contributed by atoms with Crippen molar-refractivity contribution in [2.24, 2.45) is 0 Å². The number of fused-ring (bicyclic) bond motifs is 1. The topological polar surface area (TPSA) is 57.8 Å². The molecule has 3 aromatic rings. The van der Waals surface area contributed by atoms with Crippen LogP contribution in [0.25, 0.3) is 10.9 Å². The highest BCUT2D eigenvalue weighted by molar-refractivity contribution is 9.11. The van der Waals surface area contributed by atoms with Gasteiger partial charge >= 0.3 is 0 Å². The Morgan fingerprint density at radius 2 is 2.28 bits per heavy atom. The van der Waals surface area contributed by atoms with E-state index in [-0.39, 0.29) is 5.91 Å². The van der Waals surface area contributed by atoms with E-state index in [4.69, 9.17) is 0 Å². The minimum atomic E-state index is -0.153. The van der Waals surface area contributed by atoms with Crippen LogP contribution >= 0.6 is 27.3 Å². The lowest BCUT2D eigenvalue weighted by Gasteiger charge is -2.01. The van der Waals surface area contributed by atoms with E-state index in [9.17, 15) is 4.79 Å². The average Bonchev–Trinajstić information content (AvgIpc) is 2.96. The number of carbonyl (C=O) groups is 1. The van der Waals surface area contributed by atoms with Gasteiger partial charge in [0.1, 0.15) is 0 Å². The number of hydrogen-bond acceptors (Lipinski definition) is 3. The zero-order valence-electron chi connectivity index (χ0n) is 9.11. The first kappa shape index (κ1) is 11.4. The molecule has 1 aromatic carbocycles. The van der Waals surface area contributed by atoms with Crippen molar-refractivity contribution in [3.63, 3.8) is 0 Å². The fraction of sp³-hybridized carbons (Fsp3) is 0. The number of nitrogens with zero attached hydrogens (tertiary/aromatic N) is 1. The summed E-state index contributed by atoms with van der Waals surface area (Å²) in [5.41, 5.74) is 1.64. The summed E-state index contributed by atoms with van der Waals surface area (Å²) in [4.78, 5) is 19.2. The lowest BCUT2D eigenvalue weighted by Crippen LogP contribution is -2.11. The van der Waals surface area contributed by atoms with Crippen molar-refractivity contribution in [3.05, 3.63) is 46.0 Å².